The van der Waals surface area contributed by atoms with Gasteiger partial charge in [0.15, 0.2) is 5.78 Å². The van der Waals surface area contributed by atoms with Crippen molar-refractivity contribution in [1.29, 1.82) is 0 Å². The Labute approximate surface area is 199 Å². The number of hydrogen-bond donors (Lipinski definition) is 1. The van der Waals surface area contributed by atoms with Gasteiger partial charge in [-0.2, -0.15) is 0 Å². The van der Waals surface area contributed by atoms with Crippen molar-refractivity contribution in [2.24, 2.45) is 0 Å². The van der Waals surface area contributed by atoms with Crippen LogP contribution in [0.3, 0.4) is 0 Å². The highest BCUT2D eigenvalue weighted by atomic mass is 35.5. The number of carbonyl (C=O) groups is 1. The molecule has 0 spiro atoms. The normalized spacial score (nSPS) is 13.2. The van der Waals surface area contributed by atoms with Crippen molar-refractivity contribution >= 4 is 28.7 Å². The van der Waals surface area contributed by atoms with Gasteiger partial charge in [0, 0.05) is 33.6 Å². The van der Waals surface area contributed by atoms with Crippen LogP contribution in [-0.2, 0) is 13.0 Å². The van der Waals surface area contributed by atoms with Gasteiger partial charge in [0.25, 0.3) is 5.56 Å². The molecule has 7 heteroatoms. The van der Waals surface area contributed by atoms with Crippen molar-refractivity contribution in [3.05, 3.63) is 91.7 Å². The zero-order chi connectivity index (χ0) is 23.1. The molecule has 1 N–H and O–H groups in total. The Hall–Kier alpha value is -3.06. The Balaban J connectivity index is 1.71. The fourth-order valence-corrected chi connectivity index (χ4v) is 5.28. The first-order chi connectivity index (χ1) is 16.0. The average molecular weight is 477 g/mol. The monoisotopic (exact) mass is 476 g/mol. The molecule has 0 unspecified atom stereocenters. The molecule has 0 fully saturated rings. The maximum Gasteiger partial charge on any atom is 0.265 e. The van der Waals surface area contributed by atoms with E-state index in [0.29, 0.717) is 34.0 Å². The minimum Gasteiger partial charge on any atom is -0.392 e. The molecule has 2 aromatic carbocycles. The first kappa shape index (κ1) is 21.8. The van der Waals surface area contributed by atoms with E-state index in [1.54, 1.807) is 28.8 Å². The van der Waals surface area contributed by atoms with Crippen molar-refractivity contribution in [1.82, 2.24) is 9.55 Å². The molecular weight excluding hydrogens is 456 g/mol. The number of halogens is 1. The highest BCUT2D eigenvalue weighted by molar-refractivity contribution is 7.13. The van der Waals surface area contributed by atoms with E-state index in [4.69, 9.17) is 16.6 Å². The summed E-state index contributed by atoms with van der Waals surface area (Å²) in [5.74, 6) is 0.0466. The maximum atomic E-state index is 13.8. The molecule has 2 aromatic heterocycles. The lowest BCUT2D eigenvalue weighted by Gasteiger charge is -2.22. The standard InChI is InChI=1S/C26H21ClN2O3S/c1-15-11-16(13-30)5-10-22(15)29-23-3-2-4-24(31)19(23)12-20(26(29)32)25-28-21(14-33-25)17-6-8-18(27)9-7-17/h5-12,14,30H,2-4,13H2,1H3. The van der Waals surface area contributed by atoms with E-state index in [-0.39, 0.29) is 17.9 Å². The van der Waals surface area contributed by atoms with Crippen LogP contribution in [0.4, 0.5) is 0 Å². The van der Waals surface area contributed by atoms with Crippen LogP contribution in [0.5, 0.6) is 0 Å². The number of ketones is 1. The number of aryl methyl sites for hydroxylation is 1. The number of rotatable bonds is 4. The van der Waals surface area contributed by atoms with Crippen molar-refractivity contribution in [2.45, 2.75) is 32.8 Å². The SMILES string of the molecule is Cc1cc(CO)ccc1-n1c2c(cc(-c3nc(-c4ccc(Cl)cc4)cs3)c1=O)C(=O)CCC2. The third kappa shape index (κ3) is 3.95. The highest BCUT2D eigenvalue weighted by Gasteiger charge is 2.26. The number of aromatic nitrogens is 2. The van der Waals surface area contributed by atoms with Crippen LogP contribution in [-0.4, -0.2) is 20.4 Å². The average Bonchev–Trinajstić information content (AvgIpc) is 3.30. The maximum absolute atomic E-state index is 13.8. The van der Waals surface area contributed by atoms with Crippen molar-refractivity contribution in [2.75, 3.05) is 0 Å². The molecule has 166 valence electrons. The number of Topliss-reactive ketones (excluding diaryl/α,β-unsaturated/α-hetero) is 1. The van der Waals surface area contributed by atoms with Gasteiger partial charge in [-0.15, -0.1) is 11.3 Å². The van der Waals surface area contributed by atoms with E-state index in [9.17, 15) is 14.7 Å². The predicted molar refractivity (Wildman–Crippen MR) is 132 cm³/mol. The highest BCUT2D eigenvalue weighted by Crippen LogP contribution is 2.32. The van der Waals surface area contributed by atoms with Crippen LogP contribution < -0.4 is 5.56 Å². The van der Waals surface area contributed by atoms with E-state index in [0.717, 1.165) is 40.2 Å². The number of aliphatic hydroxyl groups excluding tert-OH is 1. The van der Waals surface area contributed by atoms with Gasteiger partial charge >= 0.3 is 0 Å². The molecule has 4 aromatic rings. The molecule has 0 saturated heterocycles. The quantitative estimate of drug-likeness (QED) is 0.416. The Morgan fingerprint density at radius 1 is 1.06 bits per heavy atom. The van der Waals surface area contributed by atoms with Crippen LogP contribution in [0.25, 0.3) is 27.5 Å². The Kier molecular flexibility index (Phi) is 5.74. The lowest BCUT2D eigenvalue weighted by Crippen LogP contribution is -2.29. The summed E-state index contributed by atoms with van der Waals surface area (Å²) in [6.45, 7) is 1.84. The molecule has 0 bridgehead atoms. The molecule has 5 rings (SSSR count). The van der Waals surface area contributed by atoms with Crippen molar-refractivity contribution in [3.8, 4) is 27.5 Å². The predicted octanol–water partition coefficient (Wildman–Crippen LogP) is 5.60. The van der Waals surface area contributed by atoms with Crippen molar-refractivity contribution < 1.29 is 9.90 Å². The second kappa shape index (κ2) is 8.71. The Bertz CT molecular complexity index is 1440. The van der Waals surface area contributed by atoms with Gasteiger partial charge < -0.3 is 5.11 Å². The minimum absolute atomic E-state index is 0.0466. The first-order valence-electron chi connectivity index (χ1n) is 10.7. The molecule has 1 aliphatic carbocycles. The molecule has 2 heterocycles. The van der Waals surface area contributed by atoms with Gasteiger partial charge in [0.2, 0.25) is 0 Å². The van der Waals surface area contributed by atoms with Gasteiger partial charge in [-0.1, -0.05) is 35.9 Å². The first-order valence-corrected chi connectivity index (χ1v) is 12.0. The molecule has 0 saturated carbocycles. The number of aliphatic hydroxyl groups is 1. The van der Waals surface area contributed by atoms with Gasteiger partial charge in [0.1, 0.15) is 5.01 Å². The summed E-state index contributed by atoms with van der Waals surface area (Å²) in [4.78, 5) is 31.3. The van der Waals surface area contributed by atoms with Crippen LogP contribution in [0.2, 0.25) is 5.02 Å². The minimum atomic E-state index is -0.194. The Morgan fingerprint density at radius 2 is 1.85 bits per heavy atom. The Morgan fingerprint density at radius 3 is 2.58 bits per heavy atom. The summed E-state index contributed by atoms with van der Waals surface area (Å²) in [6, 6.07) is 14.6. The fraction of sp³-hybridized carbons (Fsp3) is 0.192. The third-order valence-corrected chi connectivity index (χ3v) is 7.11. The molecular formula is C26H21ClN2O3S. The van der Waals surface area contributed by atoms with Gasteiger partial charge in [0.05, 0.1) is 23.6 Å². The van der Waals surface area contributed by atoms with Gasteiger partial charge in [-0.3, -0.25) is 14.2 Å². The largest absolute Gasteiger partial charge is 0.392 e. The second-order valence-corrected chi connectivity index (χ2v) is 9.45. The van der Waals surface area contributed by atoms with E-state index in [2.05, 4.69) is 0 Å². The molecule has 0 aliphatic heterocycles. The number of fused-ring (bicyclic) bond motifs is 1. The topological polar surface area (TPSA) is 72.2 Å². The third-order valence-electron chi connectivity index (χ3n) is 5.98. The number of thiazole rings is 1. The zero-order valence-electron chi connectivity index (χ0n) is 18.0. The number of nitrogens with zero attached hydrogens (tertiary/aromatic N) is 2. The lowest BCUT2D eigenvalue weighted by molar-refractivity contribution is 0.0971. The molecule has 33 heavy (non-hydrogen) atoms. The van der Waals surface area contributed by atoms with Crippen LogP contribution >= 0.6 is 22.9 Å². The summed E-state index contributed by atoms with van der Waals surface area (Å²) in [5, 5.41) is 12.6. The van der Waals surface area contributed by atoms with Crippen LogP contribution in [0.15, 0.2) is 58.7 Å². The van der Waals surface area contributed by atoms with Gasteiger partial charge in [-0.25, -0.2) is 4.98 Å². The van der Waals surface area contributed by atoms with Crippen molar-refractivity contribution in [3.63, 3.8) is 0 Å². The van der Waals surface area contributed by atoms with E-state index in [1.165, 1.54) is 11.3 Å². The molecule has 1 aliphatic rings. The zero-order valence-corrected chi connectivity index (χ0v) is 19.5. The smallest absolute Gasteiger partial charge is 0.265 e. The lowest BCUT2D eigenvalue weighted by atomic mass is 9.92. The number of carbonyl (C=O) groups excluding carboxylic acids is 1. The summed E-state index contributed by atoms with van der Waals surface area (Å²) in [7, 11) is 0. The number of pyridine rings is 1. The summed E-state index contributed by atoms with van der Waals surface area (Å²) < 4.78 is 1.67. The molecule has 0 atom stereocenters. The molecule has 0 amide bonds. The molecule has 5 nitrogen and oxygen atoms in total. The van der Waals surface area contributed by atoms with Gasteiger partial charge in [-0.05, 0) is 55.2 Å². The van der Waals surface area contributed by atoms with E-state index < -0.39 is 0 Å². The van der Waals surface area contributed by atoms with Crippen LogP contribution in [0.1, 0.15) is 40.0 Å². The number of hydrogen-bond acceptors (Lipinski definition) is 5. The fourth-order valence-electron chi connectivity index (χ4n) is 4.32. The second-order valence-electron chi connectivity index (χ2n) is 8.16. The summed E-state index contributed by atoms with van der Waals surface area (Å²) >= 11 is 7.38. The van der Waals surface area contributed by atoms with Crippen LogP contribution in [0, 0.1) is 6.92 Å². The van der Waals surface area contributed by atoms with E-state index in [1.807, 2.05) is 36.6 Å². The summed E-state index contributed by atoms with van der Waals surface area (Å²) in [5.41, 5.74) is 5.58. The number of benzene rings is 2. The molecule has 0 radical (unpaired) electrons. The van der Waals surface area contributed by atoms with E-state index >= 15 is 0 Å². The summed E-state index contributed by atoms with van der Waals surface area (Å²) in [6.07, 6.45) is 1.85.